The first-order valence-corrected chi connectivity index (χ1v) is 1.10. The molecule has 0 atom stereocenters. The van der Waals surface area contributed by atoms with Gasteiger partial charge in [-0.15, -0.1) is 0 Å². The average molecular weight is 113 g/mol. The van der Waals surface area contributed by atoms with Crippen LogP contribution in [0.5, 0.6) is 0 Å². The Morgan fingerprint density at radius 1 is 1.50 bits per heavy atom. The Hall–Kier alpha value is 0.486. The molecule has 2 heteroatoms. The minimum Gasteiger partial charge on any atom is -1.00 e. The van der Waals surface area contributed by atoms with Crippen molar-refractivity contribution >= 4 is 23.1 Å². The molecule has 30 valence electrons. The van der Waals surface area contributed by atoms with Crippen molar-refractivity contribution in [2.45, 2.75) is 6.92 Å². The molecule has 0 aromatic rings. The summed E-state index contributed by atoms with van der Waals surface area (Å²) in [5.74, 6) is 5.00. The molecule has 0 saturated carbocycles. The average Bonchev–Trinajstić information content (AvgIpc) is 1.37. The topological polar surface area (TPSA) is 0 Å². The Balaban J connectivity index is -0.0000000450. The van der Waals surface area contributed by atoms with Crippen molar-refractivity contribution in [3.05, 3.63) is 6.92 Å². The molecule has 0 rings (SSSR count). The second-order valence-electron chi connectivity index (χ2n) is 0.427. The van der Waals surface area contributed by atoms with Crippen LogP contribution in [0.4, 0.5) is 0 Å². The Morgan fingerprint density at radius 2 is 1.67 bits per heavy atom. The Kier molecular flexibility index (Phi) is 47.8. The fourth-order valence-corrected chi connectivity index (χ4v) is 0. The fourth-order valence-electron chi connectivity index (χ4n) is 0. The third-order valence-electron chi connectivity index (χ3n) is 0.177. The van der Waals surface area contributed by atoms with E-state index in [9.17, 15) is 0 Å². The third kappa shape index (κ3) is 24.7. The molecular formula is C4H5ClMg. The van der Waals surface area contributed by atoms with Gasteiger partial charge in [0.1, 0.15) is 0 Å². The van der Waals surface area contributed by atoms with Gasteiger partial charge in [0.15, 0.2) is 0 Å². The quantitative estimate of drug-likeness (QED) is 0.184. The van der Waals surface area contributed by atoms with E-state index in [1.807, 2.05) is 0 Å². The van der Waals surface area contributed by atoms with Crippen molar-refractivity contribution in [1.82, 2.24) is 0 Å². The molecule has 0 bridgehead atoms. The van der Waals surface area contributed by atoms with E-state index < -0.39 is 0 Å². The maximum Gasteiger partial charge on any atom is 2.00 e. The summed E-state index contributed by atoms with van der Waals surface area (Å²) in [6.07, 6.45) is 0. The van der Waals surface area contributed by atoms with Crippen molar-refractivity contribution in [1.29, 1.82) is 0 Å². The largest absolute Gasteiger partial charge is 2.00 e. The molecule has 0 nitrogen and oxygen atoms in total. The second-order valence-corrected chi connectivity index (χ2v) is 0.427. The van der Waals surface area contributed by atoms with Crippen LogP contribution in [0, 0.1) is 18.8 Å². The van der Waals surface area contributed by atoms with E-state index in [0.29, 0.717) is 0 Å². The smallest absolute Gasteiger partial charge is 1.00 e. The summed E-state index contributed by atoms with van der Waals surface area (Å²) in [6, 6.07) is 0. The first kappa shape index (κ1) is 16.1. The van der Waals surface area contributed by atoms with E-state index in [4.69, 9.17) is 0 Å². The predicted molar refractivity (Wildman–Crippen MR) is 24.6 cm³/mol. The number of rotatable bonds is 0. The van der Waals surface area contributed by atoms with Gasteiger partial charge in [0, 0.05) is 0 Å². The molecule has 6 heavy (non-hydrogen) atoms. The zero-order chi connectivity index (χ0) is 3.41. The van der Waals surface area contributed by atoms with Gasteiger partial charge in [-0.1, -0.05) is 6.92 Å². The van der Waals surface area contributed by atoms with Crippen LogP contribution in [-0.4, -0.2) is 23.1 Å². The van der Waals surface area contributed by atoms with Gasteiger partial charge in [0.2, 0.25) is 0 Å². The molecule has 0 spiro atoms. The Labute approximate surface area is 61.3 Å². The molecule has 0 saturated heterocycles. The summed E-state index contributed by atoms with van der Waals surface area (Å²) in [4.78, 5) is 0. The van der Waals surface area contributed by atoms with Crippen LogP contribution in [0.3, 0.4) is 0 Å². The number of hydrogen-bond acceptors (Lipinski definition) is 0. The van der Waals surface area contributed by atoms with Gasteiger partial charge in [0.05, 0.1) is 0 Å². The van der Waals surface area contributed by atoms with E-state index in [1.54, 1.807) is 6.92 Å². The molecule has 0 heterocycles. The Bertz CT molecular complexity index is 44.3. The van der Waals surface area contributed by atoms with Crippen molar-refractivity contribution < 1.29 is 12.4 Å². The van der Waals surface area contributed by atoms with Crippen LogP contribution in [0.2, 0.25) is 0 Å². The van der Waals surface area contributed by atoms with Crippen LogP contribution < -0.4 is 12.4 Å². The summed E-state index contributed by atoms with van der Waals surface area (Å²) in [6.45, 7) is 5.00. The molecule has 0 aromatic carbocycles. The first-order valence-electron chi connectivity index (χ1n) is 1.10. The maximum absolute atomic E-state index is 3.24. The second kappa shape index (κ2) is 17.9. The van der Waals surface area contributed by atoms with Crippen LogP contribution >= 0.6 is 0 Å². The van der Waals surface area contributed by atoms with E-state index in [0.717, 1.165) is 0 Å². The van der Waals surface area contributed by atoms with Crippen molar-refractivity contribution in [3.8, 4) is 11.8 Å². The minimum absolute atomic E-state index is 0. The van der Waals surface area contributed by atoms with Gasteiger partial charge in [-0.3, -0.25) is 5.92 Å². The van der Waals surface area contributed by atoms with Crippen LogP contribution in [0.15, 0.2) is 0 Å². The standard InChI is InChI=1S/C4H5.ClH.Mg/c1-3-4-2;;/h1H2,2H3;1H;/q-1;;+2/p-1. The molecule has 0 unspecified atom stereocenters. The summed E-state index contributed by atoms with van der Waals surface area (Å²) in [5, 5.41) is 0. The zero-order valence-electron chi connectivity index (χ0n) is 3.79. The summed E-state index contributed by atoms with van der Waals surface area (Å²) in [7, 11) is 0. The molecule has 0 fully saturated rings. The third-order valence-corrected chi connectivity index (χ3v) is 0.177. The Morgan fingerprint density at radius 3 is 1.67 bits per heavy atom. The molecular weight excluding hydrogens is 108 g/mol. The maximum atomic E-state index is 3.24. The van der Waals surface area contributed by atoms with Crippen molar-refractivity contribution in [2.75, 3.05) is 0 Å². The van der Waals surface area contributed by atoms with Crippen LogP contribution in [-0.2, 0) is 0 Å². The molecule has 0 aliphatic heterocycles. The fraction of sp³-hybridized carbons (Fsp3) is 0.250. The normalized spacial score (nSPS) is 2.17. The van der Waals surface area contributed by atoms with Crippen molar-refractivity contribution in [2.24, 2.45) is 0 Å². The van der Waals surface area contributed by atoms with E-state index in [-0.39, 0.29) is 35.5 Å². The molecule has 0 amide bonds. The molecule has 0 aliphatic rings. The van der Waals surface area contributed by atoms with Crippen LogP contribution in [0.1, 0.15) is 6.92 Å². The van der Waals surface area contributed by atoms with Gasteiger partial charge < -0.3 is 18.3 Å². The van der Waals surface area contributed by atoms with Gasteiger partial charge in [-0.25, -0.2) is 0 Å². The molecule has 0 aliphatic carbocycles. The summed E-state index contributed by atoms with van der Waals surface area (Å²) < 4.78 is 0. The SMILES string of the molecule is [CH2-]C#CC.[Cl-].[Mg+2]. The van der Waals surface area contributed by atoms with Crippen LogP contribution in [0.25, 0.3) is 0 Å². The molecule has 0 radical (unpaired) electrons. The van der Waals surface area contributed by atoms with Gasteiger partial charge in [-0.05, 0) is 0 Å². The number of halogens is 1. The minimum atomic E-state index is 0. The van der Waals surface area contributed by atoms with E-state index >= 15 is 0 Å². The van der Waals surface area contributed by atoms with Gasteiger partial charge >= 0.3 is 23.1 Å². The van der Waals surface area contributed by atoms with Gasteiger partial charge in [-0.2, -0.15) is 6.92 Å². The van der Waals surface area contributed by atoms with Crippen molar-refractivity contribution in [3.63, 3.8) is 0 Å². The molecule has 0 N–H and O–H groups in total. The summed E-state index contributed by atoms with van der Waals surface area (Å²) in [5.41, 5.74) is 0. The monoisotopic (exact) mass is 112 g/mol. The molecule has 0 aromatic heterocycles. The predicted octanol–water partition coefficient (Wildman–Crippen LogP) is -2.53. The first-order chi connectivity index (χ1) is 1.91. The van der Waals surface area contributed by atoms with E-state index in [2.05, 4.69) is 18.8 Å². The summed E-state index contributed by atoms with van der Waals surface area (Å²) >= 11 is 0. The van der Waals surface area contributed by atoms with E-state index in [1.165, 1.54) is 0 Å². The zero-order valence-corrected chi connectivity index (χ0v) is 5.96. The number of hydrogen-bond donors (Lipinski definition) is 0. The van der Waals surface area contributed by atoms with Gasteiger partial charge in [0.25, 0.3) is 0 Å².